The van der Waals surface area contributed by atoms with Crippen molar-refractivity contribution in [3.63, 3.8) is 0 Å². The van der Waals surface area contributed by atoms with Crippen molar-refractivity contribution in [1.82, 2.24) is 15.3 Å². The lowest BCUT2D eigenvalue weighted by atomic mass is 10.2. The first kappa shape index (κ1) is 16.0. The van der Waals surface area contributed by atoms with Crippen LogP contribution >= 0.6 is 15.9 Å². The zero-order valence-corrected chi connectivity index (χ0v) is 14.8. The Bertz CT molecular complexity index is 943. The first-order chi connectivity index (χ1) is 12.2. The molecule has 0 atom stereocenters. The maximum atomic E-state index is 12.5. The van der Waals surface area contributed by atoms with E-state index in [1.54, 1.807) is 24.4 Å². The van der Waals surface area contributed by atoms with Crippen molar-refractivity contribution in [2.75, 3.05) is 18.4 Å². The summed E-state index contributed by atoms with van der Waals surface area (Å²) in [5, 5.41) is 6.88. The number of hydrogen-bond acceptors (Lipinski definition) is 5. The van der Waals surface area contributed by atoms with Crippen molar-refractivity contribution < 1.29 is 9.53 Å². The fourth-order valence-corrected chi connectivity index (χ4v) is 2.81. The molecule has 2 N–H and O–H groups in total. The van der Waals surface area contributed by atoms with E-state index in [-0.39, 0.29) is 12.0 Å². The van der Waals surface area contributed by atoms with Crippen LogP contribution in [0.15, 0.2) is 53.1 Å². The average molecular weight is 399 g/mol. The standard InChI is InChI=1S/C18H15BrN4O2/c19-14-5-3-12(8-15(14)25-13-9-20-10-13)18(24)23-16-6-4-11-2-1-7-21-17(11)22-16/h1-8,13,20H,9-10H2,(H,21,22,23,24). The highest BCUT2D eigenvalue weighted by Gasteiger charge is 2.20. The van der Waals surface area contributed by atoms with Crippen LogP contribution in [0, 0.1) is 0 Å². The number of ether oxygens (including phenoxy) is 1. The van der Waals surface area contributed by atoms with E-state index in [0.717, 1.165) is 22.9 Å². The van der Waals surface area contributed by atoms with Crippen molar-refractivity contribution in [3.05, 3.63) is 58.7 Å². The van der Waals surface area contributed by atoms with Gasteiger partial charge in [0.25, 0.3) is 5.91 Å². The highest BCUT2D eigenvalue weighted by molar-refractivity contribution is 9.10. The molecule has 4 rings (SSSR count). The van der Waals surface area contributed by atoms with Crippen LogP contribution in [-0.4, -0.2) is 35.1 Å². The maximum Gasteiger partial charge on any atom is 0.256 e. The molecule has 25 heavy (non-hydrogen) atoms. The Morgan fingerprint density at radius 2 is 2.12 bits per heavy atom. The monoisotopic (exact) mass is 398 g/mol. The molecule has 7 heteroatoms. The lowest BCUT2D eigenvalue weighted by molar-refractivity contribution is 0.102. The van der Waals surface area contributed by atoms with E-state index in [4.69, 9.17) is 4.74 Å². The Morgan fingerprint density at radius 1 is 1.24 bits per heavy atom. The van der Waals surface area contributed by atoms with E-state index >= 15 is 0 Å². The van der Waals surface area contributed by atoms with Gasteiger partial charge in [0.2, 0.25) is 0 Å². The van der Waals surface area contributed by atoms with Crippen LogP contribution in [0.4, 0.5) is 5.82 Å². The van der Waals surface area contributed by atoms with Gasteiger partial charge in [-0.15, -0.1) is 0 Å². The highest BCUT2D eigenvalue weighted by Crippen LogP contribution is 2.28. The predicted octanol–water partition coefficient (Wildman–Crippen LogP) is 3.00. The molecule has 126 valence electrons. The molecule has 2 aromatic heterocycles. The molecule has 3 aromatic rings. The van der Waals surface area contributed by atoms with Gasteiger partial charge >= 0.3 is 0 Å². The van der Waals surface area contributed by atoms with E-state index < -0.39 is 0 Å². The number of nitrogens with one attached hydrogen (secondary N) is 2. The lowest BCUT2D eigenvalue weighted by Gasteiger charge is -2.28. The molecule has 0 unspecified atom stereocenters. The first-order valence-corrected chi connectivity index (χ1v) is 8.68. The summed E-state index contributed by atoms with van der Waals surface area (Å²) in [6, 6.07) is 12.7. The Labute approximate surface area is 152 Å². The number of rotatable bonds is 4. The zero-order valence-electron chi connectivity index (χ0n) is 13.2. The Hall–Kier alpha value is -2.51. The summed E-state index contributed by atoms with van der Waals surface area (Å²) >= 11 is 3.46. The summed E-state index contributed by atoms with van der Waals surface area (Å²) in [5.74, 6) is 0.879. The number of amides is 1. The molecule has 1 amide bonds. The fourth-order valence-electron chi connectivity index (χ4n) is 2.47. The van der Waals surface area contributed by atoms with E-state index in [0.29, 0.717) is 22.8 Å². The number of halogens is 1. The first-order valence-electron chi connectivity index (χ1n) is 7.89. The van der Waals surface area contributed by atoms with Gasteiger partial charge in [0.05, 0.1) is 4.47 Å². The third kappa shape index (κ3) is 3.47. The predicted molar refractivity (Wildman–Crippen MR) is 98.9 cm³/mol. The number of nitrogens with zero attached hydrogens (tertiary/aromatic N) is 2. The average Bonchev–Trinajstić information content (AvgIpc) is 2.59. The molecule has 1 saturated heterocycles. The van der Waals surface area contributed by atoms with E-state index in [1.165, 1.54) is 0 Å². The molecular formula is C18H15BrN4O2. The minimum atomic E-state index is -0.244. The Morgan fingerprint density at radius 3 is 2.92 bits per heavy atom. The summed E-state index contributed by atoms with van der Waals surface area (Å²) in [6.07, 6.45) is 1.82. The van der Waals surface area contributed by atoms with Gasteiger partial charge in [0, 0.05) is 30.2 Å². The van der Waals surface area contributed by atoms with Crippen LogP contribution in [0.2, 0.25) is 0 Å². The van der Waals surface area contributed by atoms with Gasteiger partial charge in [-0.25, -0.2) is 9.97 Å². The van der Waals surface area contributed by atoms with Gasteiger partial charge in [-0.2, -0.15) is 0 Å². The number of carbonyl (C=O) groups excluding carboxylic acids is 1. The largest absolute Gasteiger partial charge is 0.487 e. The molecule has 1 aliphatic heterocycles. The Balaban J connectivity index is 1.54. The van der Waals surface area contributed by atoms with Crippen molar-refractivity contribution in [3.8, 4) is 5.75 Å². The van der Waals surface area contributed by atoms with Crippen molar-refractivity contribution in [1.29, 1.82) is 0 Å². The number of carbonyl (C=O) groups is 1. The number of benzene rings is 1. The minimum Gasteiger partial charge on any atom is -0.487 e. The Kier molecular flexibility index (Phi) is 4.33. The van der Waals surface area contributed by atoms with Gasteiger partial charge in [-0.3, -0.25) is 4.79 Å². The normalized spacial score (nSPS) is 14.1. The van der Waals surface area contributed by atoms with Crippen LogP contribution < -0.4 is 15.4 Å². The topological polar surface area (TPSA) is 76.1 Å². The summed E-state index contributed by atoms with van der Waals surface area (Å²) in [5.41, 5.74) is 1.10. The molecule has 0 spiro atoms. The van der Waals surface area contributed by atoms with Crippen LogP contribution in [0.5, 0.6) is 5.75 Å². The molecule has 1 fully saturated rings. The van der Waals surface area contributed by atoms with Crippen molar-refractivity contribution >= 4 is 38.7 Å². The second-order valence-corrected chi connectivity index (χ2v) is 6.60. The van der Waals surface area contributed by atoms with Gasteiger partial charge in [-0.1, -0.05) is 0 Å². The molecular weight excluding hydrogens is 384 g/mol. The van der Waals surface area contributed by atoms with Crippen molar-refractivity contribution in [2.24, 2.45) is 0 Å². The summed E-state index contributed by atoms with van der Waals surface area (Å²) in [7, 11) is 0. The van der Waals surface area contributed by atoms with E-state index in [1.807, 2.05) is 24.3 Å². The lowest BCUT2D eigenvalue weighted by Crippen LogP contribution is -2.50. The quantitative estimate of drug-likeness (QED) is 0.706. The number of anilines is 1. The molecule has 0 saturated carbocycles. The summed E-state index contributed by atoms with van der Waals surface area (Å²) < 4.78 is 6.69. The minimum absolute atomic E-state index is 0.142. The van der Waals surface area contributed by atoms with Gasteiger partial charge in [0.15, 0.2) is 5.65 Å². The maximum absolute atomic E-state index is 12.5. The van der Waals surface area contributed by atoms with Crippen LogP contribution in [-0.2, 0) is 0 Å². The van der Waals surface area contributed by atoms with Gasteiger partial charge in [-0.05, 0) is 58.4 Å². The molecule has 0 bridgehead atoms. The number of pyridine rings is 2. The van der Waals surface area contributed by atoms with Crippen LogP contribution in [0.3, 0.4) is 0 Å². The van der Waals surface area contributed by atoms with Gasteiger partial charge in [0.1, 0.15) is 17.7 Å². The van der Waals surface area contributed by atoms with E-state index in [9.17, 15) is 4.79 Å². The third-order valence-electron chi connectivity index (χ3n) is 3.94. The van der Waals surface area contributed by atoms with Crippen LogP contribution in [0.1, 0.15) is 10.4 Å². The molecule has 0 radical (unpaired) electrons. The second-order valence-electron chi connectivity index (χ2n) is 5.74. The SMILES string of the molecule is O=C(Nc1ccc2cccnc2n1)c1ccc(Br)c(OC2CNC2)c1. The number of aromatic nitrogens is 2. The fraction of sp³-hybridized carbons (Fsp3) is 0.167. The summed E-state index contributed by atoms with van der Waals surface area (Å²) in [6.45, 7) is 1.63. The molecule has 3 heterocycles. The number of fused-ring (bicyclic) bond motifs is 1. The number of hydrogen-bond donors (Lipinski definition) is 2. The molecule has 1 aromatic carbocycles. The molecule has 0 aliphatic carbocycles. The van der Waals surface area contributed by atoms with Crippen molar-refractivity contribution in [2.45, 2.75) is 6.10 Å². The van der Waals surface area contributed by atoms with Crippen LogP contribution in [0.25, 0.3) is 11.0 Å². The summed E-state index contributed by atoms with van der Waals surface area (Å²) in [4.78, 5) is 21.1. The third-order valence-corrected chi connectivity index (χ3v) is 4.59. The van der Waals surface area contributed by atoms with E-state index in [2.05, 4.69) is 36.5 Å². The molecule has 1 aliphatic rings. The smallest absolute Gasteiger partial charge is 0.256 e. The molecule has 6 nitrogen and oxygen atoms in total. The van der Waals surface area contributed by atoms with Gasteiger partial charge < -0.3 is 15.4 Å². The zero-order chi connectivity index (χ0) is 17.2. The highest BCUT2D eigenvalue weighted by atomic mass is 79.9. The second kappa shape index (κ2) is 6.78.